The summed E-state index contributed by atoms with van der Waals surface area (Å²) in [6.45, 7) is 5.44. The zero-order chi connectivity index (χ0) is 13.0. The van der Waals surface area contributed by atoms with Gasteiger partial charge in [0.15, 0.2) is 0 Å². The van der Waals surface area contributed by atoms with Crippen LogP contribution in [0.15, 0.2) is 0 Å². The smallest absolute Gasteiger partial charge is 0.0629 e. The standard InChI is InChI=1S/C15H27N3/c1-12-15(10-11-16-3)13(2)18(17-12)14-8-6-4-5-7-9-14/h14,16H,4-11H2,1-3H3. The summed E-state index contributed by atoms with van der Waals surface area (Å²) in [6.07, 6.45) is 9.27. The molecule has 0 saturated heterocycles. The molecule has 18 heavy (non-hydrogen) atoms. The monoisotopic (exact) mass is 249 g/mol. The molecule has 3 nitrogen and oxygen atoms in total. The highest BCUT2D eigenvalue weighted by atomic mass is 15.3. The summed E-state index contributed by atoms with van der Waals surface area (Å²) < 4.78 is 2.33. The molecule has 0 bridgehead atoms. The van der Waals surface area contributed by atoms with Crippen molar-refractivity contribution in [2.75, 3.05) is 13.6 Å². The Hall–Kier alpha value is -0.830. The molecule has 1 aliphatic rings. The van der Waals surface area contributed by atoms with Crippen molar-refractivity contribution >= 4 is 0 Å². The normalized spacial score (nSPS) is 17.9. The molecule has 0 atom stereocenters. The van der Waals surface area contributed by atoms with Gasteiger partial charge >= 0.3 is 0 Å². The van der Waals surface area contributed by atoms with Crippen LogP contribution < -0.4 is 5.32 Å². The van der Waals surface area contributed by atoms with E-state index >= 15 is 0 Å². The number of hydrogen-bond donors (Lipinski definition) is 1. The van der Waals surface area contributed by atoms with Gasteiger partial charge in [-0.1, -0.05) is 25.7 Å². The van der Waals surface area contributed by atoms with E-state index in [1.165, 1.54) is 55.5 Å². The maximum atomic E-state index is 4.82. The molecule has 102 valence electrons. The maximum Gasteiger partial charge on any atom is 0.0629 e. The molecule has 1 fully saturated rings. The number of aromatic nitrogens is 2. The second-order valence-electron chi connectivity index (χ2n) is 5.59. The molecule has 3 heteroatoms. The minimum Gasteiger partial charge on any atom is -0.319 e. The fourth-order valence-electron chi connectivity index (χ4n) is 3.17. The van der Waals surface area contributed by atoms with Crippen molar-refractivity contribution in [3.8, 4) is 0 Å². The number of nitrogens with one attached hydrogen (secondary N) is 1. The Labute approximate surface area is 111 Å². The van der Waals surface area contributed by atoms with Crippen molar-refractivity contribution in [2.24, 2.45) is 0 Å². The van der Waals surface area contributed by atoms with E-state index in [2.05, 4.69) is 23.8 Å². The highest BCUT2D eigenvalue weighted by Crippen LogP contribution is 2.29. The maximum absolute atomic E-state index is 4.82. The molecule has 2 rings (SSSR count). The number of hydrogen-bond acceptors (Lipinski definition) is 2. The van der Waals surface area contributed by atoms with Crippen LogP contribution >= 0.6 is 0 Å². The molecule has 1 aliphatic carbocycles. The van der Waals surface area contributed by atoms with Crippen molar-refractivity contribution in [3.63, 3.8) is 0 Å². The summed E-state index contributed by atoms with van der Waals surface area (Å²) in [5.74, 6) is 0. The van der Waals surface area contributed by atoms with Gasteiger partial charge in [-0.3, -0.25) is 4.68 Å². The van der Waals surface area contributed by atoms with Crippen LogP contribution in [-0.2, 0) is 6.42 Å². The van der Waals surface area contributed by atoms with Gasteiger partial charge in [0, 0.05) is 5.69 Å². The lowest BCUT2D eigenvalue weighted by molar-refractivity contribution is 0.396. The zero-order valence-corrected chi connectivity index (χ0v) is 12.1. The topological polar surface area (TPSA) is 29.9 Å². The molecule has 1 heterocycles. The third-order valence-electron chi connectivity index (χ3n) is 4.27. The minimum absolute atomic E-state index is 0.648. The van der Waals surface area contributed by atoms with Gasteiger partial charge in [0.05, 0.1) is 11.7 Å². The third-order valence-corrected chi connectivity index (χ3v) is 4.27. The molecule has 0 spiro atoms. The average molecular weight is 249 g/mol. The predicted octanol–water partition coefficient (Wildman–Crippen LogP) is 3.16. The summed E-state index contributed by atoms with van der Waals surface area (Å²) in [4.78, 5) is 0. The van der Waals surface area contributed by atoms with Gasteiger partial charge in [-0.25, -0.2) is 0 Å². The van der Waals surface area contributed by atoms with Gasteiger partial charge in [0.1, 0.15) is 0 Å². The van der Waals surface area contributed by atoms with Crippen molar-refractivity contribution in [1.82, 2.24) is 15.1 Å². The highest BCUT2D eigenvalue weighted by molar-refractivity contribution is 5.25. The molecule has 0 radical (unpaired) electrons. The minimum atomic E-state index is 0.648. The third kappa shape index (κ3) is 2.94. The van der Waals surface area contributed by atoms with Crippen LogP contribution in [-0.4, -0.2) is 23.4 Å². The molecule has 1 N–H and O–H groups in total. The fourth-order valence-corrected chi connectivity index (χ4v) is 3.17. The lowest BCUT2D eigenvalue weighted by atomic mass is 10.1. The van der Waals surface area contributed by atoms with Crippen molar-refractivity contribution in [2.45, 2.75) is 64.8 Å². The molecule has 1 aromatic heterocycles. The summed E-state index contributed by atoms with van der Waals surface area (Å²) >= 11 is 0. The Morgan fingerprint density at radius 3 is 2.44 bits per heavy atom. The van der Waals surface area contributed by atoms with Crippen molar-refractivity contribution < 1.29 is 0 Å². The van der Waals surface area contributed by atoms with E-state index in [1.807, 2.05) is 7.05 Å². The first-order valence-corrected chi connectivity index (χ1v) is 7.43. The SMILES string of the molecule is CNCCc1c(C)nn(C2CCCCCC2)c1C. The van der Waals surface area contributed by atoms with Gasteiger partial charge < -0.3 is 5.32 Å². The van der Waals surface area contributed by atoms with Crippen LogP contribution in [0.4, 0.5) is 0 Å². The van der Waals surface area contributed by atoms with E-state index in [1.54, 1.807) is 0 Å². The molecular weight excluding hydrogens is 222 g/mol. The lowest BCUT2D eigenvalue weighted by Crippen LogP contribution is -2.13. The van der Waals surface area contributed by atoms with Crippen LogP contribution in [0.1, 0.15) is 61.5 Å². The highest BCUT2D eigenvalue weighted by Gasteiger charge is 2.19. The molecular formula is C15H27N3. The van der Waals surface area contributed by atoms with Gasteiger partial charge in [0.25, 0.3) is 0 Å². The Kier molecular flexibility index (Phi) is 4.81. The van der Waals surface area contributed by atoms with E-state index in [-0.39, 0.29) is 0 Å². The first kappa shape index (κ1) is 13.6. The summed E-state index contributed by atoms with van der Waals surface area (Å²) in [5, 5.41) is 8.05. The van der Waals surface area contributed by atoms with Gasteiger partial charge in [-0.15, -0.1) is 0 Å². The Balaban J connectivity index is 2.16. The molecule has 0 aliphatic heterocycles. The van der Waals surface area contributed by atoms with Gasteiger partial charge in [0.2, 0.25) is 0 Å². The molecule has 0 amide bonds. The number of nitrogens with zero attached hydrogens (tertiary/aromatic N) is 2. The van der Waals surface area contributed by atoms with E-state index in [0.717, 1.165) is 13.0 Å². The predicted molar refractivity (Wildman–Crippen MR) is 76.1 cm³/mol. The van der Waals surface area contributed by atoms with Crippen LogP contribution in [0, 0.1) is 13.8 Å². The van der Waals surface area contributed by atoms with E-state index in [9.17, 15) is 0 Å². The van der Waals surface area contributed by atoms with E-state index < -0.39 is 0 Å². The van der Waals surface area contributed by atoms with Crippen LogP contribution in [0.2, 0.25) is 0 Å². The summed E-state index contributed by atoms with van der Waals surface area (Å²) in [6, 6.07) is 0.648. The molecule has 1 aromatic rings. The number of aryl methyl sites for hydroxylation is 1. The van der Waals surface area contributed by atoms with Crippen LogP contribution in [0.3, 0.4) is 0 Å². The summed E-state index contributed by atoms with van der Waals surface area (Å²) in [5.41, 5.74) is 4.08. The second kappa shape index (κ2) is 6.37. The largest absolute Gasteiger partial charge is 0.319 e. The average Bonchev–Trinajstić information content (AvgIpc) is 2.60. The van der Waals surface area contributed by atoms with Crippen LogP contribution in [0.5, 0.6) is 0 Å². The quantitative estimate of drug-likeness (QED) is 0.831. The lowest BCUT2D eigenvalue weighted by Gasteiger charge is -2.17. The first-order chi connectivity index (χ1) is 8.74. The van der Waals surface area contributed by atoms with Crippen molar-refractivity contribution in [1.29, 1.82) is 0 Å². The Morgan fingerprint density at radius 1 is 1.17 bits per heavy atom. The molecule has 0 aromatic carbocycles. The molecule has 0 unspecified atom stereocenters. The van der Waals surface area contributed by atoms with E-state index in [4.69, 9.17) is 5.10 Å². The zero-order valence-electron chi connectivity index (χ0n) is 12.1. The van der Waals surface area contributed by atoms with Crippen LogP contribution in [0.25, 0.3) is 0 Å². The van der Waals surface area contributed by atoms with E-state index in [0.29, 0.717) is 6.04 Å². The van der Waals surface area contributed by atoms with Gasteiger partial charge in [-0.2, -0.15) is 5.10 Å². The fraction of sp³-hybridized carbons (Fsp3) is 0.800. The van der Waals surface area contributed by atoms with Crippen molar-refractivity contribution in [3.05, 3.63) is 17.0 Å². The first-order valence-electron chi connectivity index (χ1n) is 7.43. The number of rotatable bonds is 4. The number of likely N-dealkylation sites (N-methyl/N-ethyl adjacent to an activating group) is 1. The Morgan fingerprint density at radius 2 is 1.83 bits per heavy atom. The Bertz CT molecular complexity index is 373. The second-order valence-corrected chi connectivity index (χ2v) is 5.59. The van der Waals surface area contributed by atoms with Gasteiger partial charge in [-0.05, 0) is 52.3 Å². The molecule has 1 saturated carbocycles. The summed E-state index contributed by atoms with van der Waals surface area (Å²) in [7, 11) is 2.01.